The molecule has 2 atom stereocenters. The highest BCUT2D eigenvalue weighted by Crippen LogP contribution is 2.23. The summed E-state index contributed by atoms with van der Waals surface area (Å²) in [4.78, 5) is 23.7. The molecule has 2 aromatic heterocycles. The number of hydrogen-bond acceptors (Lipinski definition) is 6. The Morgan fingerprint density at radius 2 is 1.87 bits per heavy atom. The first-order valence-corrected chi connectivity index (χ1v) is 10.2. The molecule has 156 valence electrons. The molecule has 30 heavy (non-hydrogen) atoms. The van der Waals surface area contributed by atoms with Crippen molar-refractivity contribution in [1.29, 1.82) is 0 Å². The lowest BCUT2D eigenvalue weighted by Gasteiger charge is -2.36. The maximum atomic E-state index is 12.5. The van der Waals surface area contributed by atoms with Crippen LogP contribution in [0, 0.1) is 6.92 Å². The predicted molar refractivity (Wildman–Crippen MR) is 115 cm³/mol. The number of oxazole rings is 1. The van der Waals surface area contributed by atoms with Crippen LogP contribution in [-0.4, -0.2) is 41.2 Å². The van der Waals surface area contributed by atoms with Crippen molar-refractivity contribution in [2.45, 2.75) is 39.4 Å². The molecule has 3 aromatic rings. The lowest BCUT2D eigenvalue weighted by molar-refractivity contribution is -0.115. The molecule has 4 rings (SSSR count). The third-order valence-corrected chi connectivity index (χ3v) is 5.02. The molecule has 0 saturated carbocycles. The number of pyridine rings is 1. The zero-order chi connectivity index (χ0) is 21.1. The fraction of sp³-hybridized carbons (Fsp3) is 0.348. The molecule has 1 aliphatic heterocycles. The Balaban J connectivity index is 1.38. The van der Waals surface area contributed by atoms with Gasteiger partial charge in [0, 0.05) is 18.7 Å². The molecule has 0 spiro atoms. The molecule has 1 aliphatic rings. The number of anilines is 2. The Bertz CT molecular complexity index is 991. The second kappa shape index (κ2) is 8.67. The van der Waals surface area contributed by atoms with Gasteiger partial charge in [-0.1, -0.05) is 18.2 Å². The van der Waals surface area contributed by atoms with Crippen LogP contribution < -0.4 is 10.2 Å². The Labute approximate surface area is 176 Å². The number of nitrogens with zero attached hydrogens (tertiary/aromatic N) is 3. The summed E-state index contributed by atoms with van der Waals surface area (Å²) in [5.74, 6) is 1.90. The van der Waals surface area contributed by atoms with Crippen molar-refractivity contribution in [3.8, 4) is 11.5 Å². The van der Waals surface area contributed by atoms with Gasteiger partial charge in [0.15, 0.2) is 0 Å². The second-order valence-corrected chi connectivity index (χ2v) is 7.68. The summed E-state index contributed by atoms with van der Waals surface area (Å²) in [6, 6.07) is 13.4. The maximum absolute atomic E-state index is 12.5. The third-order valence-electron chi connectivity index (χ3n) is 5.02. The van der Waals surface area contributed by atoms with Crippen LogP contribution in [0.5, 0.6) is 0 Å². The van der Waals surface area contributed by atoms with E-state index < -0.39 is 0 Å². The van der Waals surface area contributed by atoms with Gasteiger partial charge in [0.2, 0.25) is 11.8 Å². The number of ether oxygens (including phenoxy) is 1. The van der Waals surface area contributed by atoms with Gasteiger partial charge in [0.1, 0.15) is 11.6 Å². The summed E-state index contributed by atoms with van der Waals surface area (Å²) < 4.78 is 11.5. The van der Waals surface area contributed by atoms with E-state index in [9.17, 15) is 4.79 Å². The summed E-state index contributed by atoms with van der Waals surface area (Å²) in [6.07, 6.45) is 2.16. The van der Waals surface area contributed by atoms with Crippen molar-refractivity contribution in [2.75, 3.05) is 23.3 Å². The number of amides is 1. The van der Waals surface area contributed by atoms with E-state index in [-0.39, 0.29) is 24.5 Å². The van der Waals surface area contributed by atoms with Crippen molar-refractivity contribution < 1.29 is 13.9 Å². The number of nitrogens with one attached hydrogen (secondary N) is 1. The monoisotopic (exact) mass is 406 g/mol. The predicted octanol–water partition coefficient (Wildman–Crippen LogP) is 3.84. The molecule has 1 amide bonds. The smallest absolute Gasteiger partial charge is 0.230 e. The number of benzene rings is 1. The number of aromatic nitrogens is 2. The molecule has 2 unspecified atom stereocenters. The molecule has 3 heterocycles. The van der Waals surface area contributed by atoms with Crippen LogP contribution in [0.25, 0.3) is 11.5 Å². The maximum Gasteiger partial charge on any atom is 0.230 e. The van der Waals surface area contributed by atoms with Gasteiger partial charge in [-0.15, -0.1) is 0 Å². The molecule has 0 aliphatic carbocycles. The Morgan fingerprint density at radius 3 is 2.53 bits per heavy atom. The van der Waals surface area contributed by atoms with Gasteiger partial charge < -0.3 is 19.4 Å². The first-order valence-electron chi connectivity index (χ1n) is 10.2. The van der Waals surface area contributed by atoms with Crippen molar-refractivity contribution in [1.82, 2.24) is 9.97 Å². The topological polar surface area (TPSA) is 80.5 Å². The molecule has 1 N–H and O–H groups in total. The molecule has 0 bridgehead atoms. The minimum Gasteiger partial charge on any atom is -0.441 e. The lowest BCUT2D eigenvalue weighted by Crippen LogP contribution is -2.45. The average Bonchev–Trinajstić information content (AvgIpc) is 3.08. The van der Waals surface area contributed by atoms with Crippen molar-refractivity contribution in [3.63, 3.8) is 0 Å². The highest BCUT2D eigenvalue weighted by Gasteiger charge is 2.23. The standard InChI is InChI=1S/C23H26N4O3/c1-15-13-27(14-16(2)29-15)21-10-9-19(12-24-21)25-22(28)11-20-17(3)30-23(26-20)18-7-5-4-6-8-18/h4-10,12,15-16H,11,13-14H2,1-3H3,(H,25,28). The van der Waals surface area contributed by atoms with E-state index >= 15 is 0 Å². The Hall–Kier alpha value is -3.19. The molecular weight excluding hydrogens is 380 g/mol. The molecule has 1 fully saturated rings. The lowest BCUT2D eigenvalue weighted by atomic mass is 10.2. The third kappa shape index (κ3) is 4.68. The fourth-order valence-electron chi connectivity index (χ4n) is 3.67. The van der Waals surface area contributed by atoms with Crippen LogP contribution in [-0.2, 0) is 16.0 Å². The largest absolute Gasteiger partial charge is 0.441 e. The number of carbonyl (C=O) groups is 1. The number of aryl methyl sites for hydroxylation is 1. The summed E-state index contributed by atoms with van der Waals surface area (Å²) in [5.41, 5.74) is 2.17. The van der Waals surface area contributed by atoms with E-state index in [1.807, 2.05) is 49.4 Å². The van der Waals surface area contributed by atoms with Crippen LogP contribution in [0.4, 0.5) is 11.5 Å². The average molecular weight is 406 g/mol. The van der Waals surface area contributed by atoms with E-state index in [1.165, 1.54) is 0 Å². The van der Waals surface area contributed by atoms with E-state index in [0.29, 0.717) is 23.0 Å². The summed E-state index contributed by atoms with van der Waals surface area (Å²) >= 11 is 0. The molecule has 7 nitrogen and oxygen atoms in total. The number of morpholine rings is 1. The Kier molecular flexibility index (Phi) is 5.81. The van der Waals surface area contributed by atoms with E-state index in [1.54, 1.807) is 6.20 Å². The number of hydrogen-bond donors (Lipinski definition) is 1. The van der Waals surface area contributed by atoms with E-state index in [0.717, 1.165) is 24.5 Å². The van der Waals surface area contributed by atoms with Gasteiger partial charge in [-0.3, -0.25) is 4.79 Å². The number of carbonyl (C=O) groups excluding carboxylic acids is 1. The molecule has 7 heteroatoms. The SMILES string of the molecule is Cc1oc(-c2ccccc2)nc1CC(=O)Nc1ccc(N2CC(C)OC(C)C2)nc1. The van der Waals surface area contributed by atoms with Crippen molar-refractivity contribution in [3.05, 3.63) is 60.1 Å². The zero-order valence-electron chi connectivity index (χ0n) is 17.5. The van der Waals surface area contributed by atoms with E-state index in [2.05, 4.69) is 34.0 Å². The highest BCUT2D eigenvalue weighted by atomic mass is 16.5. The second-order valence-electron chi connectivity index (χ2n) is 7.68. The minimum atomic E-state index is -0.158. The van der Waals surface area contributed by atoms with Crippen molar-refractivity contribution >= 4 is 17.4 Å². The van der Waals surface area contributed by atoms with Gasteiger partial charge in [-0.05, 0) is 45.0 Å². The normalized spacial score (nSPS) is 19.0. The first kappa shape index (κ1) is 20.1. The molecule has 1 aromatic carbocycles. The van der Waals surface area contributed by atoms with Crippen LogP contribution >= 0.6 is 0 Å². The molecule has 1 saturated heterocycles. The summed E-state index contributed by atoms with van der Waals surface area (Å²) in [5, 5.41) is 2.89. The van der Waals surface area contributed by atoms with Crippen molar-refractivity contribution in [2.24, 2.45) is 0 Å². The van der Waals surface area contributed by atoms with Crippen LogP contribution in [0.15, 0.2) is 53.1 Å². The van der Waals surface area contributed by atoms with Gasteiger partial charge in [0.25, 0.3) is 0 Å². The van der Waals surface area contributed by atoms with Gasteiger partial charge >= 0.3 is 0 Å². The van der Waals surface area contributed by atoms with Crippen LogP contribution in [0.1, 0.15) is 25.3 Å². The summed E-state index contributed by atoms with van der Waals surface area (Å²) in [7, 11) is 0. The van der Waals surface area contributed by atoms with Crippen LogP contribution in [0.2, 0.25) is 0 Å². The highest BCUT2D eigenvalue weighted by molar-refractivity contribution is 5.92. The van der Waals surface area contributed by atoms with Crippen LogP contribution in [0.3, 0.4) is 0 Å². The van der Waals surface area contributed by atoms with Gasteiger partial charge in [-0.2, -0.15) is 0 Å². The summed E-state index contributed by atoms with van der Waals surface area (Å²) in [6.45, 7) is 7.55. The fourth-order valence-corrected chi connectivity index (χ4v) is 3.67. The van der Waals surface area contributed by atoms with Gasteiger partial charge in [0.05, 0.1) is 36.2 Å². The van der Waals surface area contributed by atoms with Gasteiger partial charge in [-0.25, -0.2) is 9.97 Å². The van der Waals surface area contributed by atoms with E-state index in [4.69, 9.17) is 9.15 Å². The molecular formula is C23H26N4O3. The zero-order valence-corrected chi connectivity index (χ0v) is 17.5. The Morgan fingerprint density at radius 1 is 1.13 bits per heavy atom. The minimum absolute atomic E-state index is 0.141. The first-order chi connectivity index (χ1) is 14.5. The molecule has 0 radical (unpaired) electrons. The number of rotatable bonds is 5. The quantitative estimate of drug-likeness (QED) is 0.693.